The van der Waals surface area contributed by atoms with E-state index >= 15 is 0 Å². The van der Waals surface area contributed by atoms with Gasteiger partial charge >= 0.3 is 6.09 Å². The number of carbonyl (C=O) groups is 3. The molecule has 14 heavy (non-hydrogen) atoms. The van der Waals surface area contributed by atoms with E-state index in [0.717, 1.165) is 4.90 Å². The summed E-state index contributed by atoms with van der Waals surface area (Å²) in [6.07, 6.45) is 1.72. The fourth-order valence-electron chi connectivity index (χ4n) is 1.08. The van der Waals surface area contributed by atoms with Crippen LogP contribution in [0.5, 0.6) is 0 Å². The quantitative estimate of drug-likeness (QED) is 0.474. The van der Waals surface area contributed by atoms with Gasteiger partial charge in [0.05, 0.1) is 0 Å². The van der Waals surface area contributed by atoms with Crippen molar-refractivity contribution >= 4 is 17.9 Å². The summed E-state index contributed by atoms with van der Waals surface area (Å²) < 4.78 is 0. The number of amides is 3. The second kappa shape index (κ2) is 4.40. The Hall–Kier alpha value is -1.85. The number of rotatable bonds is 4. The molecule has 0 aromatic rings. The lowest BCUT2D eigenvalue weighted by Gasteiger charge is -2.12. The van der Waals surface area contributed by atoms with E-state index in [0.29, 0.717) is 6.42 Å². The van der Waals surface area contributed by atoms with E-state index in [9.17, 15) is 14.4 Å². The minimum atomic E-state index is -1.11. The second-order valence-corrected chi connectivity index (χ2v) is 2.75. The molecule has 6 nitrogen and oxygen atoms in total. The average Bonchev–Trinajstić information content (AvgIpc) is 2.42. The standard InChI is InChI=1S/C8H10N2O4/c11-6-2-3-7(12)10(6)5-1-4-9-8(13)14/h2-3,9H,1,4-5H2,(H,13,14). The molecule has 1 rings (SSSR count). The summed E-state index contributed by atoms with van der Waals surface area (Å²) >= 11 is 0. The van der Waals surface area contributed by atoms with Crippen LogP contribution in [0.15, 0.2) is 12.2 Å². The predicted molar refractivity (Wildman–Crippen MR) is 46.5 cm³/mol. The Bertz CT molecular complexity index is 280. The Labute approximate surface area is 80.2 Å². The van der Waals surface area contributed by atoms with Gasteiger partial charge in [-0.3, -0.25) is 14.5 Å². The molecular formula is C8H10N2O4. The first-order valence-corrected chi connectivity index (χ1v) is 4.11. The average molecular weight is 198 g/mol. The van der Waals surface area contributed by atoms with E-state index in [4.69, 9.17) is 5.11 Å². The highest BCUT2D eigenvalue weighted by atomic mass is 16.4. The van der Waals surface area contributed by atoms with E-state index in [-0.39, 0.29) is 24.9 Å². The maximum Gasteiger partial charge on any atom is 0.404 e. The minimum absolute atomic E-state index is 0.229. The van der Waals surface area contributed by atoms with Gasteiger partial charge < -0.3 is 10.4 Å². The number of carbonyl (C=O) groups excluding carboxylic acids is 2. The van der Waals surface area contributed by atoms with Crippen molar-refractivity contribution in [3.05, 3.63) is 12.2 Å². The molecule has 3 amide bonds. The first kappa shape index (κ1) is 10.2. The van der Waals surface area contributed by atoms with E-state index in [1.807, 2.05) is 0 Å². The molecule has 1 aliphatic rings. The summed E-state index contributed by atoms with van der Waals surface area (Å²) in [5.41, 5.74) is 0. The zero-order valence-electron chi connectivity index (χ0n) is 7.40. The zero-order chi connectivity index (χ0) is 10.6. The fourth-order valence-corrected chi connectivity index (χ4v) is 1.08. The molecule has 0 unspecified atom stereocenters. The third-order valence-corrected chi connectivity index (χ3v) is 1.74. The van der Waals surface area contributed by atoms with Crippen LogP contribution in [0.1, 0.15) is 6.42 Å². The number of hydrogen-bond acceptors (Lipinski definition) is 3. The molecule has 0 spiro atoms. The van der Waals surface area contributed by atoms with E-state index in [2.05, 4.69) is 5.32 Å². The van der Waals surface area contributed by atoms with Crippen LogP contribution in [0, 0.1) is 0 Å². The van der Waals surface area contributed by atoms with Crippen LogP contribution in [0.25, 0.3) is 0 Å². The molecule has 0 radical (unpaired) electrons. The molecule has 1 aliphatic heterocycles. The number of hydrogen-bond donors (Lipinski definition) is 2. The summed E-state index contributed by atoms with van der Waals surface area (Å²) in [6.45, 7) is 0.470. The fraction of sp³-hybridized carbons (Fsp3) is 0.375. The van der Waals surface area contributed by atoms with Gasteiger partial charge in [-0.25, -0.2) is 4.79 Å². The van der Waals surface area contributed by atoms with Crippen molar-refractivity contribution in [3.8, 4) is 0 Å². The number of carboxylic acid groups (broad SMARTS) is 1. The minimum Gasteiger partial charge on any atom is -0.465 e. The molecule has 6 heteroatoms. The highest BCUT2D eigenvalue weighted by Crippen LogP contribution is 2.03. The number of nitrogens with one attached hydrogen (secondary N) is 1. The Morgan fingerprint density at radius 1 is 1.36 bits per heavy atom. The molecule has 0 saturated heterocycles. The third-order valence-electron chi connectivity index (χ3n) is 1.74. The van der Waals surface area contributed by atoms with Crippen molar-refractivity contribution in [2.45, 2.75) is 6.42 Å². The molecule has 0 aromatic heterocycles. The van der Waals surface area contributed by atoms with E-state index in [1.165, 1.54) is 12.2 Å². The van der Waals surface area contributed by atoms with Crippen LogP contribution in [0.4, 0.5) is 4.79 Å². The zero-order valence-corrected chi connectivity index (χ0v) is 7.40. The number of nitrogens with zero attached hydrogens (tertiary/aromatic N) is 1. The molecular weight excluding hydrogens is 188 g/mol. The lowest BCUT2D eigenvalue weighted by molar-refractivity contribution is -0.136. The van der Waals surface area contributed by atoms with Crippen LogP contribution in [-0.4, -0.2) is 41.0 Å². The van der Waals surface area contributed by atoms with Crippen molar-refractivity contribution in [2.24, 2.45) is 0 Å². The Balaban J connectivity index is 2.22. The van der Waals surface area contributed by atoms with Gasteiger partial charge in [-0.1, -0.05) is 0 Å². The normalized spacial score (nSPS) is 15.0. The molecule has 0 bridgehead atoms. The van der Waals surface area contributed by atoms with Gasteiger partial charge in [-0.05, 0) is 6.42 Å². The molecule has 0 atom stereocenters. The molecule has 0 aliphatic carbocycles. The van der Waals surface area contributed by atoms with Gasteiger partial charge in [0, 0.05) is 25.2 Å². The molecule has 0 aromatic carbocycles. The van der Waals surface area contributed by atoms with Crippen LogP contribution < -0.4 is 5.32 Å². The van der Waals surface area contributed by atoms with Gasteiger partial charge in [-0.2, -0.15) is 0 Å². The summed E-state index contributed by atoms with van der Waals surface area (Å²) in [5, 5.41) is 10.4. The van der Waals surface area contributed by atoms with E-state index < -0.39 is 6.09 Å². The summed E-state index contributed by atoms with van der Waals surface area (Å²) in [6, 6.07) is 0. The van der Waals surface area contributed by atoms with Crippen LogP contribution in [0.3, 0.4) is 0 Å². The first-order valence-electron chi connectivity index (χ1n) is 4.11. The summed E-state index contributed by atoms with van der Waals surface area (Å²) in [4.78, 5) is 33.1. The molecule has 0 saturated carbocycles. The molecule has 2 N–H and O–H groups in total. The van der Waals surface area contributed by atoms with Crippen molar-refractivity contribution in [3.63, 3.8) is 0 Å². The summed E-state index contributed by atoms with van der Waals surface area (Å²) in [7, 11) is 0. The van der Waals surface area contributed by atoms with Crippen molar-refractivity contribution in [1.82, 2.24) is 10.2 Å². The van der Waals surface area contributed by atoms with Crippen molar-refractivity contribution in [2.75, 3.05) is 13.1 Å². The predicted octanol–water partition coefficient (Wildman–Crippen LogP) is -0.431. The Kier molecular flexibility index (Phi) is 3.22. The largest absolute Gasteiger partial charge is 0.465 e. The maximum absolute atomic E-state index is 11.0. The van der Waals surface area contributed by atoms with Crippen molar-refractivity contribution < 1.29 is 19.5 Å². The Morgan fingerprint density at radius 2 is 1.93 bits per heavy atom. The topological polar surface area (TPSA) is 86.7 Å². The molecule has 76 valence electrons. The van der Waals surface area contributed by atoms with Gasteiger partial charge in [-0.15, -0.1) is 0 Å². The lowest BCUT2D eigenvalue weighted by atomic mass is 10.4. The van der Waals surface area contributed by atoms with Gasteiger partial charge in [0.1, 0.15) is 0 Å². The van der Waals surface area contributed by atoms with Crippen LogP contribution in [0.2, 0.25) is 0 Å². The number of imide groups is 1. The molecule has 0 fully saturated rings. The van der Waals surface area contributed by atoms with Crippen LogP contribution >= 0.6 is 0 Å². The van der Waals surface area contributed by atoms with E-state index in [1.54, 1.807) is 0 Å². The van der Waals surface area contributed by atoms with Gasteiger partial charge in [0.15, 0.2) is 0 Å². The highest BCUT2D eigenvalue weighted by Gasteiger charge is 2.22. The van der Waals surface area contributed by atoms with Crippen molar-refractivity contribution in [1.29, 1.82) is 0 Å². The summed E-state index contributed by atoms with van der Waals surface area (Å²) in [5.74, 6) is -0.685. The second-order valence-electron chi connectivity index (χ2n) is 2.75. The lowest BCUT2D eigenvalue weighted by Crippen LogP contribution is -2.33. The Morgan fingerprint density at radius 3 is 2.43 bits per heavy atom. The maximum atomic E-state index is 11.0. The van der Waals surface area contributed by atoms with Crippen LogP contribution in [-0.2, 0) is 9.59 Å². The molecule has 1 heterocycles. The highest BCUT2D eigenvalue weighted by molar-refractivity contribution is 6.12. The van der Waals surface area contributed by atoms with Gasteiger partial charge in [0.2, 0.25) is 0 Å². The smallest absolute Gasteiger partial charge is 0.404 e. The van der Waals surface area contributed by atoms with Gasteiger partial charge in [0.25, 0.3) is 11.8 Å². The first-order chi connectivity index (χ1) is 6.61. The SMILES string of the molecule is O=C(O)NCCCN1C(=O)C=CC1=O. The third kappa shape index (κ3) is 2.58. The monoisotopic (exact) mass is 198 g/mol.